The number of aryl methyl sites for hydroxylation is 1. The molecule has 2 aromatic rings. The Hall–Kier alpha value is -1.85. The molecule has 5 nitrogen and oxygen atoms in total. The third kappa shape index (κ3) is 2.86. The van der Waals surface area contributed by atoms with Crippen molar-refractivity contribution in [2.24, 2.45) is 0 Å². The Bertz CT molecular complexity index is 798. The number of nitrogens with zero attached hydrogens (tertiary/aromatic N) is 3. The molecule has 23 heavy (non-hydrogen) atoms. The van der Waals surface area contributed by atoms with Gasteiger partial charge in [-0.15, -0.1) is 0 Å². The summed E-state index contributed by atoms with van der Waals surface area (Å²) in [7, 11) is 0. The Morgan fingerprint density at radius 3 is 2.35 bits per heavy atom. The molecule has 1 aliphatic heterocycles. The molecule has 0 atom stereocenters. The van der Waals surface area contributed by atoms with Gasteiger partial charge < -0.3 is 0 Å². The molecule has 0 radical (unpaired) electrons. The fraction of sp³-hybridized carbons (Fsp3) is 0.312. The van der Waals surface area contributed by atoms with Crippen LogP contribution < -0.4 is 4.90 Å². The van der Waals surface area contributed by atoms with E-state index in [2.05, 4.69) is 5.10 Å². The van der Waals surface area contributed by atoms with Crippen LogP contribution in [-0.4, -0.2) is 21.6 Å². The van der Waals surface area contributed by atoms with Crippen molar-refractivity contribution in [3.63, 3.8) is 0 Å². The molecule has 1 aliphatic rings. The number of hydrogen-bond acceptors (Lipinski definition) is 3. The molecule has 2 amide bonds. The summed E-state index contributed by atoms with van der Waals surface area (Å²) < 4.78 is 1.77. The highest BCUT2D eigenvalue weighted by molar-refractivity contribution is 6.42. The summed E-state index contributed by atoms with van der Waals surface area (Å²) in [6, 6.07) is 5.39. The average molecular weight is 352 g/mol. The zero-order chi connectivity index (χ0) is 16.7. The van der Waals surface area contributed by atoms with Gasteiger partial charge in [-0.25, -0.2) is 4.90 Å². The average Bonchev–Trinajstić information content (AvgIpc) is 2.95. The molecular formula is C16H15Cl2N3O2. The molecule has 0 spiro atoms. The van der Waals surface area contributed by atoms with Crippen molar-refractivity contribution in [1.82, 2.24) is 9.78 Å². The zero-order valence-electron chi connectivity index (χ0n) is 12.8. The first kappa shape index (κ1) is 16.0. The second-order valence-corrected chi connectivity index (χ2v) is 6.36. The lowest BCUT2D eigenvalue weighted by Crippen LogP contribution is -2.29. The van der Waals surface area contributed by atoms with E-state index in [1.165, 1.54) is 4.90 Å². The summed E-state index contributed by atoms with van der Waals surface area (Å²) in [5.41, 5.74) is 2.97. The highest BCUT2D eigenvalue weighted by Gasteiger charge is 2.34. The van der Waals surface area contributed by atoms with Crippen LogP contribution in [0.15, 0.2) is 18.2 Å². The normalized spacial score (nSPS) is 14.9. The quantitative estimate of drug-likeness (QED) is 0.795. The number of carbonyl (C=O) groups excluding carboxylic acids is 2. The van der Waals surface area contributed by atoms with Crippen molar-refractivity contribution < 1.29 is 9.59 Å². The van der Waals surface area contributed by atoms with Gasteiger partial charge in [0.05, 0.1) is 33.7 Å². The Morgan fingerprint density at radius 2 is 1.74 bits per heavy atom. The minimum atomic E-state index is -0.171. The van der Waals surface area contributed by atoms with E-state index in [0.29, 0.717) is 28.0 Å². The first-order chi connectivity index (χ1) is 10.9. The maximum Gasteiger partial charge on any atom is 0.234 e. The SMILES string of the molecule is Cc1nn(Cc2ccc(Cl)c(Cl)c2)c(C)c1N1C(=O)CCC1=O. The predicted octanol–water partition coefficient (Wildman–Crippen LogP) is 3.51. The van der Waals surface area contributed by atoms with Gasteiger partial charge in [-0.05, 0) is 31.5 Å². The number of benzene rings is 1. The minimum Gasteiger partial charge on any atom is -0.274 e. The molecule has 2 heterocycles. The first-order valence-electron chi connectivity index (χ1n) is 7.22. The minimum absolute atomic E-state index is 0.171. The zero-order valence-corrected chi connectivity index (χ0v) is 14.3. The van der Waals surface area contributed by atoms with Crippen LogP contribution in [-0.2, 0) is 16.1 Å². The number of hydrogen-bond donors (Lipinski definition) is 0. The fourth-order valence-corrected chi connectivity index (χ4v) is 3.12. The van der Waals surface area contributed by atoms with E-state index in [4.69, 9.17) is 23.2 Å². The largest absolute Gasteiger partial charge is 0.274 e. The molecule has 0 aliphatic carbocycles. The molecule has 0 unspecified atom stereocenters. The molecule has 0 N–H and O–H groups in total. The summed E-state index contributed by atoms with van der Waals surface area (Å²) in [6.45, 7) is 4.14. The van der Waals surface area contributed by atoms with E-state index in [9.17, 15) is 9.59 Å². The highest BCUT2D eigenvalue weighted by Crippen LogP contribution is 2.30. The Labute approximate surface area is 143 Å². The number of imide groups is 1. The van der Waals surface area contributed by atoms with Crippen molar-refractivity contribution >= 4 is 40.7 Å². The summed E-state index contributed by atoms with van der Waals surface area (Å²) in [4.78, 5) is 25.2. The molecule has 1 aromatic heterocycles. The molecule has 1 aromatic carbocycles. The number of amides is 2. The Kier molecular flexibility index (Phi) is 4.17. The second-order valence-electron chi connectivity index (χ2n) is 5.55. The van der Waals surface area contributed by atoms with Crippen molar-refractivity contribution in [2.75, 3.05) is 4.90 Å². The van der Waals surface area contributed by atoms with E-state index in [1.54, 1.807) is 23.7 Å². The van der Waals surface area contributed by atoms with Gasteiger partial charge in [-0.2, -0.15) is 5.10 Å². The first-order valence-corrected chi connectivity index (χ1v) is 7.98. The van der Waals surface area contributed by atoms with Crippen molar-refractivity contribution in [1.29, 1.82) is 0 Å². The van der Waals surface area contributed by atoms with Gasteiger partial charge in [0.25, 0.3) is 0 Å². The van der Waals surface area contributed by atoms with E-state index in [1.807, 2.05) is 13.0 Å². The van der Waals surface area contributed by atoms with Crippen LogP contribution in [0.4, 0.5) is 5.69 Å². The third-order valence-corrected chi connectivity index (χ3v) is 4.67. The lowest BCUT2D eigenvalue weighted by molar-refractivity contribution is -0.121. The van der Waals surface area contributed by atoms with Crippen LogP contribution in [0, 0.1) is 13.8 Å². The number of carbonyl (C=O) groups is 2. The van der Waals surface area contributed by atoms with Crippen LogP contribution in [0.1, 0.15) is 29.8 Å². The number of aromatic nitrogens is 2. The number of rotatable bonds is 3. The monoisotopic (exact) mass is 351 g/mol. The molecule has 0 saturated carbocycles. The topological polar surface area (TPSA) is 55.2 Å². The molecule has 0 bridgehead atoms. The smallest absolute Gasteiger partial charge is 0.234 e. The van der Waals surface area contributed by atoms with Gasteiger partial charge in [0.1, 0.15) is 0 Å². The lowest BCUT2D eigenvalue weighted by Gasteiger charge is -2.14. The molecule has 3 rings (SSSR count). The predicted molar refractivity (Wildman–Crippen MR) is 89.0 cm³/mol. The second kappa shape index (κ2) is 5.98. The fourth-order valence-electron chi connectivity index (χ4n) is 2.80. The molecule has 7 heteroatoms. The van der Waals surface area contributed by atoms with Crippen LogP contribution in [0.5, 0.6) is 0 Å². The highest BCUT2D eigenvalue weighted by atomic mass is 35.5. The maximum atomic E-state index is 12.0. The lowest BCUT2D eigenvalue weighted by atomic mass is 10.2. The van der Waals surface area contributed by atoms with Crippen molar-refractivity contribution in [3.8, 4) is 0 Å². The van der Waals surface area contributed by atoms with Crippen molar-refractivity contribution in [3.05, 3.63) is 45.2 Å². The molecular weight excluding hydrogens is 337 g/mol. The van der Waals surface area contributed by atoms with E-state index >= 15 is 0 Å². The summed E-state index contributed by atoms with van der Waals surface area (Å²) in [6.07, 6.45) is 0.519. The van der Waals surface area contributed by atoms with Crippen LogP contribution >= 0.6 is 23.2 Å². The van der Waals surface area contributed by atoms with Crippen LogP contribution in [0.2, 0.25) is 10.0 Å². The van der Waals surface area contributed by atoms with Gasteiger partial charge in [-0.1, -0.05) is 29.3 Å². The third-order valence-electron chi connectivity index (χ3n) is 3.93. The van der Waals surface area contributed by atoms with Crippen molar-refractivity contribution in [2.45, 2.75) is 33.2 Å². The van der Waals surface area contributed by atoms with Gasteiger partial charge >= 0.3 is 0 Å². The Morgan fingerprint density at radius 1 is 1.09 bits per heavy atom. The van der Waals surface area contributed by atoms with E-state index in [-0.39, 0.29) is 24.7 Å². The number of anilines is 1. The summed E-state index contributed by atoms with van der Waals surface area (Å²) >= 11 is 12.0. The van der Waals surface area contributed by atoms with Gasteiger partial charge in [0, 0.05) is 12.8 Å². The summed E-state index contributed by atoms with van der Waals surface area (Å²) in [5.74, 6) is -0.342. The maximum absolute atomic E-state index is 12.0. The van der Waals surface area contributed by atoms with E-state index in [0.717, 1.165) is 11.3 Å². The molecule has 1 fully saturated rings. The summed E-state index contributed by atoms with van der Waals surface area (Å²) in [5, 5.41) is 5.45. The van der Waals surface area contributed by atoms with Gasteiger partial charge in [-0.3, -0.25) is 14.3 Å². The van der Waals surface area contributed by atoms with Gasteiger partial charge in [0.15, 0.2) is 0 Å². The van der Waals surface area contributed by atoms with Gasteiger partial charge in [0.2, 0.25) is 11.8 Å². The molecule has 1 saturated heterocycles. The van der Waals surface area contributed by atoms with Crippen LogP contribution in [0.3, 0.4) is 0 Å². The van der Waals surface area contributed by atoms with Crippen LogP contribution in [0.25, 0.3) is 0 Å². The number of halogens is 2. The van der Waals surface area contributed by atoms with E-state index < -0.39 is 0 Å². The Balaban J connectivity index is 1.96. The molecule has 120 valence electrons. The standard InChI is InChI=1S/C16H15Cl2N3O2/c1-9-16(21-14(22)5-6-15(21)23)10(2)20(19-9)8-11-3-4-12(17)13(18)7-11/h3-4,7H,5-6,8H2,1-2H3.